The predicted octanol–water partition coefficient (Wildman–Crippen LogP) is 2.23. The Kier molecular flexibility index (Phi) is 5.08. The van der Waals surface area contributed by atoms with Crippen LogP contribution in [0.3, 0.4) is 0 Å². The summed E-state index contributed by atoms with van der Waals surface area (Å²) in [5.41, 5.74) is 3.44. The first-order chi connectivity index (χ1) is 10.6. The lowest BCUT2D eigenvalue weighted by molar-refractivity contribution is -0.120. The van der Waals surface area contributed by atoms with E-state index in [9.17, 15) is 14.3 Å². The first kappa shape index (κ1) is 15.5. The molecule has 0 bridgehead atoms. The van der Waals surface area contributed by atoms with Crippen LogP contribution in [-0.4, -0.2) is 24.3 Å². The van der Waals surface area contributed by atoms with Gasteiger partial charge in [-0.3, -0.25) is 4.79 Å². The second kappa shape index (κ2) is 7.21. The summed E-state index contributed by atoms with van der Waals surface area (Å²) in [4.78, 5) is 11.7. The molecule has 0 saturated heterocycles. The lowest BCUT2D eigenvalue weighted by atomic mass is 10.1. The second-order valence-corrected chi connectivity index (χ2v) is 4.49. The van der Waals surface area contributed by atoms with Crippen molar-refractivity contribution in [3.63, 3.8) is 0 Å². The summed E-state index contributed by atoms with van der Waals surface area (Å²) in [5.74, 6) is -0.427. The average Bonchev–Trinajstić information content (AvgIpc) is 2.51. The predicted molar refractivity (Wildman–Crippen MR) is 80.5 cm³/mol. The summed E-state index contributed by atoms with van der Waals surface area (Å²) in [6.45, 7) is 0. The highest BCUT2D eigenvalue weighted by Crippen LogP contribution is 2.27. The van der Waals surface area contributed by atoms with Crippen LogP contribution >= 0.6 is 0 Å². The van der Waals surface area contributed by atoms with E-state index >= 15 is 0 Å². The summed E-state index contributed by atoms with van der Waals surface area (Å²) in [6, 6.07) is 10.6. The minimum atomic E-state index is -0.351. The number of amides is 1. The summed E-state index contributed by atoms with van der Waals surface area (Å²) in [5, 5.41) is 13.6. The zero-order valence-electron chi connectivity index (χ0n) is 11.9. The number of carbonyl (C=O) groups excluding carboxylic acids is 1. The maximum atomic E-state index is 12.8. The highest BCUT2D eigenvalue weighted by atomic mass is 19.1. The molecular formula is C16H15FN2O3. The molecular weight excluding hydrogens is 287 g/mol. The number of nitrogens with zero attached hydrogens (tertiary/aromatic N) is 1. The molecule has 0 radical (unpaired) electrons. The van der Waals surface area contributed by atoms with E-state index in [1.807, 2.05) is 0 Å². The van der Waals surface area contributed by atoms with Crippen molar-refractivity contribution < 1.29 is 19.0 Å². The minimum Gasteiger partial charge on any atom is -0.504 e. The standard InChI is InChI=1S/C16H15FN2O3/c1-22-14-4-2-3-12(16(14)21)10-18-19-15(20)9-11-5-7-13(17)8-6-11/h2-8,10,21H,9H2,1H3,(H,19,20)/b18-10-. The SMILES string of the molecule is COc1cccc(/C=N\NC(=O)Cc2ccc(F)cc2)c1O. The van der Waals surface area contributed by atoms with Crippen LogP contribution < -0.4 is 10.2 Å². The van der Waals surface area contributed by atoms with Gasteiger partial charge in [-0.05, 0) is 29.8 Å². The minimum absolute atomic E-state index is 0.0541. The fourth-order valence-corrected chi connectivity index (χ4v) is 1.81. The highest BCUT2D eigenvalue weighted by molar-refractivity contribution is 5.86. The first-order valence-corrected chi connectivity index (χ1v) is 6.52. The van der Waals surface area contributed by atoms with Gasteiger partial charge in [-0.15, -0.1) is 0 Å². The number of para-hydroxylation sites is 1. The van der Waals surface area contributed by atoms with Crippen molar-refractivity contribution in [2.75, 3.05) is 7.11 Å². The molecule has 0 aliphatic rings. The molecule has 0 unspecified atom stereocenters. The van der Waals surface area contributed by atoms with Gasteiger partial charge in [0.05, 0.1) is 19.7 Å². The molecule has 0 fully saturated rings. The quantitative estimate of drug-likeness (QED) is 0.657. The lowest BCUT2D eigenvalue weighted by Gasteiger charge is -2.05. The summed E-state index contributed by atoms with van der Waals surface area (Å²) >= 11 is 0. The number of phenols is 1. The van der Waals surface area contributed by atoms with Crippen LogP contribution in [0.25, 0.3) is 0 Å². The zero-order valence-corrected chi connectivity index (χ0v) is 11.9. The highest BCUT2D eigenvalue weighted by Gasteiger charge is 2.05. The molecule has 0 aliphatic carbocycles. The number of phenolic OH excluding ortho intramolecular Hbond substituents is 1. The smallest absolute Gasteiger partial charge is 0.244 e. The van der Waals surface area contributed by atoms with Crippen molar-refractivity contribution in [1.29, 1.82) is 0 Å². The van der Waals surface area contributed by atoms with Gasteiger partial charge in [-0.25, -0.2) is 9.82 Å². The van der Waals surface area contributed by atoms with Crippen molar-refractivity contribution in [2.45, 2.75) is 6.42 Å². The van der Waals surface area contributed by atoms with Crippen molar-refractivity contribution in [1.82, 2.24) is 5.43 Å². The third kappa shape index (κ3) is 4.05. The van der Waals surface area contributed by atoms with Gasteiger partial charge in [0.2, 0.25) is 5.91 Å². The molecule has 6 heteroatoms. The Morgan fingerprint density at radius 1 is 1.32 bits per heavy atom. The molecule has 2 N–H and O–H groups in total. The van der Waals surface area contributed by atoms with Crippen LogP contribution in [0, 0.1) is 5.82 Å². The van der Waals surface area contributed by atoms with Gasteiger partial charge >= 0.3 is 0 Å². The zero-order chi connectivity index (χ0) is 15.9. The van der Waals surface area contributed by atoms with Crippen molar-refractivity contribution >= 4 is 12.1 Å². The third-order valence-electron chi connectivity index (χ3n) is 2.92. The number of ether oxygens (including phenoxy) is 1. The van der Waals surface area contributed by atoms with Gasteiger partial charge in [0.15, 0.2) is 11.5 Å². The molecule has 2 aromatic carbocycles. The molecule has 114 valence electrons. The molecule has 0 aromatic heterocycles. The molecule has 5 nitrogen and oxygen atoms in total. The Morgan fingerprint density at radius 2 is 2.05 bits per heavy atom. The molecule has 2 aromatic rings. The van der Waals surface area contributed by atoms with E-state index in [4.69, 9.17) is 4.74 Å². The van der Waals surface area contributed by atoms with Crippen LogP contribution in [0.4, 0.5) is 4.39 Å². The maximum Gasteiger partial charge on any atom is 0.244 e. The van der Waals surface area contributed by atoms with Gasteiger partial charge in [0.25, 0.3) is 0 Å². The van der Waals surface area contributed by atoms with Crippen LogP contribution in [0.2, 0.25) is 0 Å². The van der Waals surface area contributed by atoms with Crippen molar-refractivity contribution in [3.05, 3.63) is 59.4 Å². The monoisotopic (exact) mass is 302 g/mol. The van der Waals surface area contributed by atoms with E-state index < -0.39 is 0 Å². The van der Waals surface area contributed by atoms with E-state index in [1.54, 1.807) is 18.2 Å². The normalized spacial score (nSPS) is 10.6. The Morgan fingerprint density at radius 3 is 2.73 bits per heavy atom. The Balaban J connectivity index is 1.94. The van der Waals surface area contributed by atoms with Crippen molar-refractivity contribution in [2.24, 2.45) is 5.10 Å². The summed E-state index contributed by atoms with van der Waals surface area (Å²) in [7, 11) is 1.44. The molecule has 22 heavy (non-hydrogen) atoms. The number of nitrogens with one attached hydrogen (secondary N) is 1. The maximum absolute atomic E-state index is 12.8. The molecule has 0 aliphatic heterocycles. The van der Waals surface area contributed by atoms with E-state index in [1.165, 1.54) is 37.6 Å². The van der Waals surface area contributed by atoms with E-state index in [0.717, 1.165) is 0 Å². The first-order valence-electron chi connectivity index (χ1n) is 6.52. The van der Waals surface area contributed by atoms with Gasteiger partial charge in [-0.2, -0.15) is 5.10 Å². The Labute approximate surface area is 127 Å². The van der Waals surface area contributed by atoms with Crippen molar-refractivity contribution in [3.8, 4) is 11.5 Å². The van der Waals surface area contributed by atoms with Crippen LogP contribution in [0.1, 0.15) is 11.1 Å². The number of halogens is 1. The largest absolute Gasteiger partial charge is 0.504 e. The molecule has 1 amide bonds. The van der Waals surface area contributed by atoms with E-state index in [0.29, 0.717) is 16.9 Å². The number of carbonyl (C=O) groups is 1. The summed E-state index contributed by atoms with van der Waals surface area (Å²) < 4.78 is 17.7. The fourth-order valence-electron chi connectivity index (χ4n) is 1.81. The Hall–Kier alpha value is -2.89. The number of hydrogen-bond acceptors (Lipinski definition) is 4. The number of benzene rings is 2. The van der Waals surface area contributed by atoms with Gasteiger partial charge in [0.1, 0.15) is 5.82 Å². The number of hydrazone groups is 1. The number of methoxy groups -OCH3 is 1. The molecule has 0 atom stereocenters. The van der Waals surface area contributed by atoms with E-state index in [-0.39, 0.29) is 23.9 Å². The third-order valence-corrected chi connectivity index (χ3v) is 2.92. The van der Waals surface area contributed by atoms with E-state index in [2.05, 4.69) is 10.5 Å². The van der Waals surface area contributed by atoms with Crippen LogP contribution in [0.5, 0.6) is 11.5 Å². The number of aromatic hydroxyl groups is 1. The van der Waals surface area contributed by atoms with Gasteiger partial charge < -0.3 is 9.84 Å². The summed E-state index contributed by atoms with van der Waals surface area (Å²) in [6.07, 6.45) is 1.40. The molecule has 0 heterocycles. The Bertz CT molecular complexity index is 684. The van der Waals surface area contributed by atoms with Gasteiger partial charge in [0, 0.05) is 5.56 Å². The molecule has 0 spiro atoms. The number of hydrogen-bond donors (Lipinski definition) is 2. The molecule has 0 saturated carbocycles. The van der Waals surface area contributed by atoms with Crippen LogP contribution in [0.15, 0.2) is 47.6 Å². The number of rotatable bonds is 5. The topological polar surface area (TPSA) is 70.9 Å². The lowest BCUT2D eigenvalue weighted by Crippen LogP contribution is -2.19. The second-order valence-electron chi connectivity index (χ2n) is 4.49. The van der Waals surface area contributed by atoms with Crippen LogP contribution in [-0.2, 0) is 11.2 Å². The van der Waals surface area contributed by atoms with Gasteiger partial charge in [-0.1, -0.05) is 18.2 Å². The average molecular weight is 302 g/mol. The fraction of sp³-hybridized carbons (Fsp3) is 0.125. The molecule has 2 rings (SSSR count).